The van der Waals surface area contributed by atoms with Crippen LogP contribution < -0.4 is 5.32 Å². The monoisotopic (exact) mass is 482 g/mol. The number of hydrogen-bond acceptors (Lipinski definition) is 3. The normalized spacial score (nSPS) is 11.0. The second-order valence-corrected chi connectivity index (χ2v) is 8.16. The van der Waals surface area contributed by atoms with E-state index in [4.69, 9.17) is 4.42 Å². The van der Waals surface area contributed by atoms with E-state index < -0.39 is 0 Å². The van der Waals surface area contributed by atoms with Gasteiger partial charge in [-0.25, -0.2) is 4.98 Å². The number of rotatable bonds is 3. The minimum Gasteiger partial charge on any atom is -0.436 e. The smallest absolute Gasteiger partial charge is 0.255 e. The van der Waals surface area contributed by atoms with E-state index in [1.165, 1.54) is 11.1 Å². The summed E-state index contributed by atoms with van der Waals surface area (Å²) in [5.74, 6) is 0.408. The van der Waals surface area contributed by atoms with E-state index in [0.29, 0.717) is 11.5 Å². The quantitative estimate of drug-likeness (QED) is 0.350. The number of halogens is 1. The summed E-state index contributed by atoms with van der Waals surface area (Å²) in [6, 6.07) is 17.3. The van der Waals surface area contributed by atoms with Crippen molar-refractivity contribution in [1.82, 2.24) is 4.98 Å². The van der Waals surface area contributed by atoms with E-state index >= 15 is 0 Å². The van der Waals surface area contributed by atoms with Crippen LogP contribution in [-0.4, -0.2) is 10.9 Å². The molecule has 140 valence electrons. The van der Waals surface area contributed by atoms with Gasteiger partial charge in [0, 0.05) is 20.4 Å². The average molecular weight is 482 g/mol. The number of aromatic nitrogens is 1. The van der Waals surface area contributed by atoms with Crippen molar-refractivity contribution in [2.75, 3.05) is 5.32 Å². The highest BCUT2D eigenvalue weighted by molar-refractivity contribution is 14.1. The lowest BCUT2D eigenvalue weighted by atomic mass is 10.1. The molecule has 1 aromatic heterocycles. The van der Waals surface area contributed by atoms with E-state index in [0.717, 1.165) is 31.5 Å². The number of carbonyl (C=O) groups excluding carboxylic acids is 1. The minimum absolute atomic E-state index is 0.138. The van der Waals surface area contributed by atoms with E-state index in [-0.39, 0.29) is 5.91 Å². The van der Waals surface area contributed by atoms with E-state index in [1.54, 1.807) is 0 Å². The summed E-state index contributed by atoms with van der Waals surface area (Å²) < 4.78 is 7.05. The van der Waals surface area contributed by atoms with Gasteiger partial charge in [0.25, 0.3) is 5.91 Å². The highest BCUT2D eigenvalue weighted by Gasteiger charge is 2.13. The molecule has 0 saturated heterocycles. The number of oxazole rings is 1. The maximum Gasteiger partial charge on any atom is 0.255 e. The Morgan fingerprint density at radius 2 is 1.64 bits per heavy atom. The number of fused-ring (bicyclic) bond motifs is 1. The lowest BCUT2D eigenvalue weighted by Gasteiger charge is -2.10. The molecule has 0 unspecified atom stereocenters. The van der Waals surface area contributed by atoms with E-state index in [2.05, 4.69) is 46.7 Å². The van der Waals surface area contributed by atoms with Crippen LogP contribution in [0.5, 0.6) is 0 Å². The van der Waals surface area contributed by atoms with Gasteiger partial charge in [-0.3, -0.25) is 4.79 Å². The maximum absolute atomic E-state index is 12.6. The van der Waals surface area contributed by atoms with Crippen LogP contribution in [0.2, 0.25) is 0 Å². The fourth-order valence-electron chi connectivity index (χ4n) is 2.99. The predicted octanol–water partition coefficient (Wildman–Crippen LogP) is 6.28. The van der Waals surface area contributed by atoms with Crippen molar-refractivity contribution < 1.29 is 9.21 Å². The second-order valence-electron chi connectivity index (χ2n) is 6.91. The summed E-state index contributed by atoms with van der Waals surface area (Å²) in [5.41, 5.74) is 7.13. The van der Waals surface area contributed by atoms with Crippen LogP contribution in [0.4, 0.5) is 5.69 Å². The molecule has 3 aromatic carbocycles. The standard InChI is InChI=1S/C23H19IN2O2/c1-13-4-5-17(23-26-20-10-14(2)15(3)11-21(20)28-23)12-19(13)25-22(27)16-6-8-18(24)9-7-16/h4-12H,1-3H3,(H,25,27). The van der Waals surface area contributed by atoms with Gasteiger partial charge in [-0.1, -0.05) is 6.07 Å². The van der Waals surface area contributed by atoms with Crippen LogP contribution in [0, 0.1) is 24.3 Å². The third kappa shape index (κ3) is 3.67. The first-order valence-electron chi connectivity index (χ1n) is 8.96. The topological polar surface area (TPSA) is 55.1 Å². The largest absolute Gasteiger partial charge is 0.436 e. The zero-order valence-electron chi connectivity index (χ0n) is 15.8. The lowest BCUT2D eigenvalue weighted by molar-refractivity contribution is 0.102. The van der Waals surface area contributed by atoms with Crippen molar-refractivity contribution in [1.29, 1.82) is 0 Å². The van der Waals surface area contributed by atoms with Crippen molar-refractivity contribution in [2.24, 2.45) is 0 Å². The van der Waals surface area contributed by atoms with Gasteiger partial charge in [-0.05, 0) is 109 Å². The molecule has 28 heavy (non-hydrogen) atoms. The highest BCUT2D eigenvalue weighted by atomic mass is 127. The molecule has 4 aromatic rings. The third-order valence-electron chi connectivity index (χ3n) is 4.84. The fraction of sp³-hybridized carbons (Fsp3) is 0.130. The van der Waals surface area contributed by atoms with Crippen LogP contribution in [0.1, 0.15) is 27.0 Å². The Labute approximate surface area is 177 Å². The van der Waals surface area contributed by atoms with Crippen LogP contribution in [0.25, 0.3) is 22.6 Å². The maximum atomic E-state index is 12.6. The summed E-state index contributed by atoms with van der Waals surface area (Å²) in [6.45, 7) is 6.08. The van der Waals surface area contributed by atoms with Gasteiger partial charge in [-0.2, -0.15) is 0 Å². The summed E-state index contributed by atoms with van der Waals surface area (Å²) in [5, 5.41) is 3.00. The number of carbonyl (C=O) groups is 1. The number of anilines is 1. The Hall–Kier alpha value is -2.67. The van der Waals surface area contributed by atoms with Crippen LogP contribution in [-0.2, 0) is 0 Å². The van der Waals surface area contributed by atoms with Crippen LogP contribution >= 0.6 is 22.6 Å². The molecule has 0 spiro atoms. The summed E-state index contributed by atoms with van der Waals surface area (Å²) in [7, 11) is 0. The number of aryl methyl sites for hydroxylation is 3. The molecule has 4 rings (SSSR count). The number of nitrogens with zero attached hydrogens (tertiary/aromatic N) is 1. The van der Waals surface area contributed by atoms with Crippen molar-refractivity contribution in [3.05, 3.63) is 80.4 Å². The van der Waals surface area contributed by atoms with Crippen molar-refractivity contribution in [3.63, 3.8) is 0 Å². The molecule has 0 saturated carbocycles. The molecular formula is C23H19IN2O2. The Bertz CT molecular complexity index is 1150. The first-order chi connectivity index (χ1) is 13.4. The van der Waals surface area contributed by atoms with Gasteiger partial charge in [0.2, 0.25) is 5.89 Å². The second kappa shape index (κ2) is 7.39. The number of nitrogens with one attached hydrogen (secondary N) is 1. The third-order valence-corrected chi connectivity index (χ3v) is 5.56. The van der Waals surface area contributed by atoms with Crippen LogP contribution in [0.3, 0.4) is 0 Å². The van der Waals surface area contributed by atoms with Gasteiger partial charge in [0.15, 0.2) is 5.58 Å². The van der Waals surface area contributed by atoms with Gasteiger partial charge >= 0.3 is 0 Å². The number of hydrogen-bond donors (Lipinski definition) is 1. The minimum atomic E-state index is -0.138. The molecule has 0 aliphatic carbocycles. The predicted molar refractivity (Wildman–Crippen MR) is 121 cm³/mol. The molecule has 0 aliphatic rings. The molecular weight excluding hydrogens is 463 g/mol. The molecule has 1 amide bonds. The summed E-state index contributed by atoms with van der Waals surface area (Å²) in [6.07, 6.45) is 0. The fourth-order valence-corrected chi connectivity index (χ4v) is 3.35. The number of benzene rings is 3. The van der Waals surface area contributed by atoms with Crippen molar-refractivity contribution in [3.8, 4) is 11.5 Å². The zero-order chi connectivity index (χ0) is 19.8. The van der Waals surface area contributed by atoms with Gasteiger partial charge in [-0.15, -0.1) is 0 Å². The van der Waals surface area contributed by atoms with Gasteiger partial charge in [0.05, 0.1) is 0 Å². The molecule has 0 aliphatic heterocycles. The molecule has 0 bridgehead atoms. The molecule has 4 nitrogen and oxygen atoms in total. The summed E-state index contributed by atoms with van der Waals surface area (Å²) >= 11 is 2.22. The van der Waals surface area contributed by atoms with Crippen molar-refractivity contribution in [2.45, 2.75) is 20.8 Å². The Balaban J connectivity index is 1.67. The lowest BCUT2D eigenvalue weighted by Crippen LogP contribution is -2.12. The van der Waals surface area contributed by atoms with Gasteiger partial charge in [0.1, 0.15) is 5.52 Å². The molecule has 0 radical (unpaired) electrons. The summed E-state index contributed by atoms with van der Waals surface area (Å²) in [4.78, 5) is 17.2. The Morgan fingerprint density at radius 3 is 2.39 bits per heavy atom. The number of amides is 1. The van der Waals surface area contributed by atoms with Crippen LogP contribution in [0.15, 0.2) is 59.0 Å². The Kier molecular flexibility index (Phi) is 4.93. The molecule has 0 fully saturated rings. The zero-order valence-corrected chi connectivity index (χ0v) is 18.0. The molecule has 0 atom stereocenters. The van der Waals surface area contributed by atoms with E-state index in [9.17, 15) is 4.79 Å². The SMILES string of the molecule is Cc1cc2nc(-c3ccc(C)c(NC(=O)c4ccc(I)cc4)c3)oc2cc1C. The molecule has 1 heterocycles. The highest BCUT2D eigenvalue weighted by Crippen LogP contribution is 2.29. The van der Waals surface area contributed by atoms with E-state index in [1.807, 2.05) is 61.5 Å². The Morgan fingerprint density at radius 1 is 0.929 bits per heavy atom. The first-order valence-corrected chi connectivity index (χ1v) is 10.0. The molecule has 1 N–H and O–H groups in total. The molecule has 5 heteroatoms. The average Bonchev–Trinajstić information content (AvgIpc) is 3.07. The van der Waals surface area contributed by atoms with Gasteiger partial charge < -0.3 is 9.73 Å². The van der Waals surface area contributed by atoms with Crippen molar-refractivity contribution >= 4 is 45.3 Å². The first kappa shape index (κ1) is 18.7.